The molecule has 0 aliphatic carbocycles. The lowest BCUT2D eigenvalue weighted by Crippen LogP contribution is -2.14. The third kappa shape index (κ3) is 2.30. The molecular formula is C11H14N2. The summed E-state index contributed by atoms with van der Waals surface area (Å²) in [7, 11) is 1.86. The molecule has 1 aromatic rings. The van der Waals surface area contributed by atoms with Gasteiger partial charge in [-0.05, 0) is 38.6 Å². The summed E-state index contributed by atoms with van der Waals surface area (Å²) in [5, 5.41) is 3.06. The number of nitrogens with one attached hydrogen (secondary N) is 1. The van der Waals surface area contributed by atoms with Crippen molar-refractivity contribution in [2.75, 3.05) is 7.05 Å². The Labute approximate surface area is 79.4 Å². The predicted molar refractivity (Wildman–Crippen MR) is 54.3 cm³/mol. The van der Waals surface area contributed by atoms with Crippen LogP contribution in [-0.2, 0) is 0 Å². The Morgan fingerprint density at radius 2 is 1.92 bits per heavy atom. The van der Waals surface area contributed by atoms with E-state index in [0.29, 0.717) is 0 Å². The van der Waals surface area contributed by atoms with E-state index in [-0.39, 0.29) is 6.04 Å². The first-order chi connectivity index (χ1) is 6.17. The van der Waals surface area contributed by atoms with Crippen molar-refractivity contribution in [3.63, 3.8) is 0 Å². The molecule has 1 atom stereocenters. The Kier molecular flexibility index (Phi) is 3.05. The number of nitrogens with zero attached hydrogens (tertiary/aromatic N) is 1. The van der Waals surface area contributed by atoms with Gasteiger partial charge in [-0.25, -0.2) is 0 Å². The maximum absolute atomic E-state index is 5.38. The van der Waals surface area contributed by atoms with E-state index in [0.717, 1.165) is 17.0 Å². The summed E-state index contributed by atoms with van der Waals surface area (Å²) >= 11 is 0. The summed E-state index contributed by atoms with van der Waals surface area (Å²) in [6.45, 7) is 3.94. The van der Waals surface area contributed by atoms with Crippen molar-refractivity contribution in [2.24, 2.45) is 0 Å². The van der Waals surface area contributed by atoms with Crippen LogP contribution in [0.25, 0.3) is 0 Å². The summed E-state index contributed by atoms with van der Waals surface area (Å²) in [6, 6.07) is 4.00. The van der Waals surface area contributed by atoms with E-state index in [4.69, 9.17) is 6.42 Å². The van der Waals surface area contributed by atoms with Crippen molar-refractivity contribution < 1.29 is 0 Å². The molecular weight excluding hydrogens is 160 g/mol. The van der Waals surface area contributed by atoms with E-state index < -0.39 is 0 Å². The zero-order valence-corrected chi connectivity index (χ0v) is 8.26. The third-order valence-corrected chi connectivity index (χ3v) is 1.89. The monoisotopic (exact) mass is 174 g/mol. The SMILES string of the molecule is C#CC(NC)c1cc(C)nc(C)c1. The minimum absolute atomic E-state index is 0.0135. The maximum atomic E-state index is 5.38. The second kappa shape index (κ2) is 4.06. The van der Waals surface area contributed by atoms with E-state index in [1.54, 1.807) is 0 Å². The lowest BCUT2D eigenvalue weighted by molar-refractivity contribution is 0.732. The first kappa shape index (κ1) is 9.76. The molecule has 0 spiro atoms. The van der Waals surface area contributed by atoms with E-state index in [1.807, 2.05) is 33.0 Å². The number of pyridine rings is 1. The first-order valence-electron chi connectivity index (χ1n) is 4.26. The minimum atomic E-state index is -0.0135. The molecule has 1 rings (SSSR count). The lowest BCUT2D eigenvalue weighted by Gasteiger charge is -2.10. The van der Waals surface area contributed by atoms with Crippen molar-refractivity contribution >= 4 is 0 Å². The summed E-state index contributed by atoms with van der Waals surface area (Å²) < 4.78 is 0. The largest absolute Gasteiger partial charge is 0.303 e. The van der Waals surface area contributed by atoms with Crippen LogP contribution >= 0.6 is 0 Å². The topological polar surface area (TPSA) is 24.9 Å². The van der Waals surface area contributed by atoms with Gasteiger partial charge in [0.2, 0.25) is 0 Å². The van der Waals surface area contributed by atoms with Gasteiger partial charge in [0.05, 0.1) is 6.04 Å². The number of terminal acetylenes is 1. The molecule has 0 aliphatic heterocycles. The van der Waals surface area contributed by atoms with Crippen LogP contribution in [0.15, 0.2) is 12.1 Å². The number of hydrogen-bond donors (Lipinski definition) is 1. The second-order valence-corrected chi connectivity index (χ2v) is 3.07. The van der Waals surface area contributed by atoms with E-state index in [2.05, 4.69) is 16.2 Å². The van der Waals surface area contributed by atoms with Gasteiger partial charge in [0.1, 0.15) is 0 Å². The normalized spacial score (nSPS) is 12.2. The highest BCUT2D eigenvalue weighted by Gasteiger charge is 2.05. The Balaban J connectivity index is 3.08. The Hall–Kier alpha value is -1.33. The van der Waals surface area contributed by atoms with Crippen molar-refractivity contribution in [3.05, 3.63) is 29.1 Å². The minimum Gasteiger partial charge on any atom is -0.303 e. The molecule has 0 radical (unpaired) electrons. The molecule has 0 saturated carbocycles. The molecule has 0 fully saturated rings. The molecule has 1 N–H and O–H groups in total. The average molecular weight is 174 g/mol. The highest BCUT2D eigenvalue weighted by atomic mass is 14.9. The van der Waals surface area contributed by atoms with Crippen LogP contribution in [-0.4, -0.2) is 12.0 Å². The average Bonchev–Trinajstić information content (AvgIpc) is 2.04. The maximum Gasteiger partial charge on any atom is 0.0942 e. The Morgan fingerprint density at radius 1 is 1.38 bits per heavy atom. The van der Waals surface area contributed by atoms with Crippen LogP contribution < -0.4 is 5.32 Å². The van der Waals surface area contributed by atoms with Crippen LogP contribution in [0.5, 0.6) is 0 Å². The fourth-order valence-electron chi connectivity index (χ4n) is 1.38. The predicted octanol–water partition coefficient (Wildman–Crippen LogP) is 1.59. The molecule has 13 heavy (non-hydrogen) atoms. The summed E-state index contributed by atoms with van der Waals surface area (Å²) in [4.78, 5) is 4.29. The lowest BCUT2D eigenvalue weighted by atomic mass is 10.1. The standard InChI is InChI=1S/C11H14N2/c1-5-11(12-4)10-6-8(2)13-9(3)7-10/h1,6-7,11-12H,2-4H3. The van der Waals surface area contributed by atoms with Gasteiger partial charge in [-0.15, -0.1) is 6.42 Å². The van der Waals surface area contributed by atoms with Crippen molar-refractivity contribution in [3.8, 4) is 12.3 Å². The molecule has 0 aromatic carbocycles. The van der Waals surface area contributed by atoms with Gasteiger partial charge in [0.15, 0.2) is 0 Å². The van der Waals surface area contributed by atoms with Crippen molar-refractivity contribution in [2.45, 2.75) is 19.9 Å². The smallest absolute Gasteiger partial charge is 0.0942 e. The van der Waals surface area contributed by atoms with Gasteiger partial charge in [-0.1, -0.05) is 5.92 Å². The molecule has 0 saturated heterocycles. The summed E-state index contributed by atoms with van der Waals surface area (Å²) in [5.41, 5.74) is 3.12. The second-order valence-electron chi connectivity index (χ2n) is 3.07. The molecule has 2 heteroatoms. The van der Waals surface area contributed by atoms with Gasteiger partial charge in [-0.3, -0.25) is 4.98 Å². The number of hydrogen-bond acceptors (Lipinski definition) is 2. The van der Waals surface area contributed by atoms with E-state index in [1.165, 1.54) is 0 Å². The van der Waals surface area contributed by atoms with Gasteiger partial charge >= 0.3 is 0 Å². The number of aryl methyl sites for hydroxylation is 2. The van der Waals surface area contributed by atoms with Gasteiger partial charge in [0, 0.05) is 11.4 Å². The van der Waals surface area contributed by atoms with Crippen molar-refractivity contribution in [1.29, 1.82) is 0 Å². The van der Waals surface area contributed by atoms with Gasteiger partial charge < -0.3 is 5.32 Å². The quantitative estimate of drug-likeness (QED) is 0.689. The molecule has 0 bridgehead atoms. The highest BCUT2D eigenvalue weighted by molar-refractivity contribution is 5.28. The van der Waals surface area contributed by atoms with Gasteiger partial charge in [-0.2, -0.15) is 0 Å². The number of rotatable bonds is 2. The Morgan fingerprint density at radius 3 is 2.31 bits per heavy atom. The molecule has 0 aliphatic rings. The molecule has 0 amide bonds. The molecule has 2 nitrogen and oxygen atoms in total. The first-order valence-corrected chi connectivity index (χ1v) is 4.26. The molecule has 1 heterocycles. The van der Waals surface area contributed by atoms with Gasteiger partial charge in [0.25, 0.3) is 0 Å². The van der Waals surface area contributed by atoms with Crippen LogP contribution in [0.4, 0.5) is 0 Å². The summed E-state index contributed by atoms with van der Waals surface area (Å²) in [6.07, 6.45) is 5.38. The Bertz CT molecular complexity index is 316. The molecule has 1 unspecified atom stereocenters. The van der Waals surface area contributed by atoms with E-state index in [9.17, 15) is 0 Å². The van der Waals surface area contributed by atoms with E-state index >= 15 is 0 Å². The van der Waals surface area contributed by atoms with Crippen LogP contribution in [0.3, 0.4) is 0 Å². The fourth-order valence-corrected chi connectivity index (χ4v) is 1.38. The summed E-state index contributed by atoms with van der Waals surface area (Å²) in [5.74, 6) is 2.68. The molecule has 1 aromatic heterocycles. The molecule has 68 valence electrons. The zero-order chi connectivity index (χ0) is 9.84. The third-order valence-electron chi connectivity index (χ3n) is 1.89. The van der Waals surface area contributed by atoms with Crippen molar-refractivity contribution in [1.82, 2.24) is 10.3 Å². The van der Waals surface area contributed by atoms with Crippen LogP contribution in [0, 0.1) is 26.2 Å². The van der Waals surface area contributed by atoms with Crippen LogP contribution in [0.2, 0.25) is 0 Å². The number of aromatic nitrogens is 1. The van der Waals surface area contributed by atoms with Crippen LogP contribution in [0.1, 0.15) is 23.0 Å². The highest BCUT2D eigenvalue weighted by Crippen LogP contribution is 2.13. The fraction of sp³-hybridized carbons (Fsp3) is 0.364. The zero-order valence-electron chi connectivity index (χ0n) is 8.26.